The Morgan fingerprint density at radius 2 is 0.529 bits per heavy atom. The summed E-state index contributed by atoms with van der Waals surface area (Å²) in [5, 5.41) is 13.4. The van der Waals surface area contributed by atoms with E-state index in [1.807, 2.05) is 0 Å². The molecule has 10 aromatic rings. The lowest BCUT2D eigenvalue weighted by molar-refractivity contribution is 0.675. The molecule has 0 fully saturated rings. The monoisotopic (exact) mass is 849 g/mol. The highest BCUT2D eigenvalue weighted by atomic mass is 16.3. The van der Waals surface area contributed by atoms with Crippen molar-refractivity contribution in [3.8, 4) is 33.4 Å². The molecule has 10 rings (SSSR count). The second-order valence-electron chi connectivity index (χ2n) is 21.3. The molecule has 0 radical (unpaired) electrons. The van der Waals surface area contributed by atoms with Gasteiger partial charge < -0.3 is 4.42 Å². The van der Waals surface area contributed by atoms with E-state index in [9.17, 15) is 0 Å². The Labute approximate surface area is 422 Å². The lowest BCUT2D eigenvalue weighted by atomic mass is 9.56. The fourth-order valence-corrected chi connectivity index (χ4v) is 13.1. The van der Waals surface area contributed by atoms with Gasteiger partial charge >= 0.3 is 0 Å². The maximum Gasteiger partial charge on any atom is 0.143 e. The molecule has 0 aliphatic heterocycles. The van der Waals surface area contributed by atoms with Crippen LogP contribution >= 0.6 is 0 Å². The van der Waals surface area contributed by atoms with Crippen LogP contribution < -0.4 is 115 Å². The van der Waals surface area contributed by atoms with E-state index in [0.29, 0.717) is 0 Å². The van der Waals surface area contributed by atoms with Crippen molar-refractivity contribution in [2.24, 2.45) is 0 Å². The number of hydrogen-bond acceptors (Lipinski definition) is 1. The summed E-state index contributed by atoms with van der Waals surface area (Å²) >= 11 is 0. The van der Waals surface area contributed by atoms with E-state index >= 15 is 0 Å². The van der Waals surface area contributed by atoms with Crippen LogP contribution in [-0.4, -0.2) is 165 Å². The normalized spacial score (nSPS) is 11.9. The van der Waals surface area contributed by atoms with Crippen LogP contribution in [-0.2, 0) is 0 Å². The number of rotatable bonds is 3. The average molecular weight is 845 g/mol. The van der Waals surface area contributed by atoms with Gasteiger partial charge in [-0.05, 0) is 82.5 Å². The Hall–Kier alpha value is -4.82. The van der Waals surface area contributed by atoms with Crippen LogP contribution in [0.3, 0.4) is 0 Å². The summed E-state index contributed by atoms with van der Waals surface area (Å²) < 4.78 is 7.06. The van der Waals surface area contributed by atoms with Gasteiger partial charge in [0.2, 0.25) is 0 Å². The predicted molar refractivity (Wildman–Crippen MR) is 372 cm³/mol. The molecule has 0 spiro atoms. The van der Waals surface area contributed by atoms with Gasteiger partial charge in [-0.15, -0.1) is 38.2 Å². The van der Waals surface area contributed by atoms with Crippen molar-refractivity contribution >= 4 is 345 Å². The standard InChI is InChI=1S/C46H49B21O/c47-24-21(33(56)43(66)45-22(24)23-34(57)41(64)42(65)44(67)46(23)68-45)13-18-15(28(51)36(59)38(61)30(18)53)12(16-19(13)31(54)39(62)37(60)29(16)52)17-20-14(27(50)35(58)40(63)32(20)55)11(25(48)26(17)49)10-6-5-8-3-1-2-4-9(8)7-10/h1-7H,47-67H2. The molecule has 0 aliphatic rings. The van der Waals surface area contributed by atoms with E-state index in [0.717, 1.165) is 11.2 Å². The zero-order valence-corrected chi connectivity index (χ0v) is 44.9. The first-order valence-corrected chi connectivity index (χ1v) is 25.0. The minimum Gasteiger partial charge on any atom is -0.457 e. The molecular weight excluding hydrogens is 796 g/mol. The van der Waals surface area contributed by atoms with Crippen LogP contribution in [0, 0.1) is 0 Å². The summed E-state index contributed by atoms with van der Waals surface area (Å²) in [6, 6.07) is 15.9. The van der Waals surface area contributed by atoms with Crippen molar-refractivity contribution in [3.05, 3.63) is 42.5 Å². The zero-order valence-electron chi connectivity index (χ0n) is 44.9. The summed E-state index contributed by atoms with van der Waals surface area (Å²) in [4.78, 5) is 0. The Morgan fingerprint density at radius 3 is 0.985 bits per heavy atom. The molecule has 22 heteroatoms. The number of benzene rings is 9. The lowest BCUT2D eigenvalue weighted by Gasteiger charge is -2.32. The van der Waals surface area contributed by atoms with Crippen molar-refractivity contribution < 1.29 is 4.42 Å². The van der Waals surface area contributed by atoms with Gasteiger partial charge in [0.05, 0.1) is 0 Å². The van der Waals surface area contributed by atoms with Gasteiger partial charge in [0.15, 0.2) is 0 Å². The van der Waals surface area contributed by atoms with Crippen molar-refractivity contribution in [1.29, 1.82) is 0 Å². The van der Waals surface area contributed by atoms with E-state index in [1.54, 1.807) is 0 Å². The zero-order chi connectivity index (χ0) is 49.2. The van der Waals surface area contributed by atoms with Crippen LogP contribution in [0.5, 0.6) is 0 Å². The molecule has 1 nitrogen and oxygen atoms in total. The second-order valence-corrected chi connectivity index (χ2v) is 21.3. The summed E-state index contributed by atoms with van der Waals surface area (Å²) in [6.07, 6.45) is 0. The SMILES string of the molecule is Bc1c(B)c(B)c2c(oc3c(B)c(B)c(-c4c5c(B)c(B)c(B)c(B)c5c(-c5c(B)c(B)c(-c6ccc7ccccc7c6)c6c(B)c(B)c(B)c(B)c56)c5c(B)c(B)c(B)c(B)c45)c(B)c32)c1B. The minimum atomic E-state index is 1.03. The van der Waals surface area contributed by atoms with Crippen LogP contribution in [0.1, 0.15) is 0 Å². The van der Waals surface area contributed by atoms with Crippen LogP contribution in [0.4, 0.5) is 0 Å². The number of furan rings is 1. The summed E-state index contributed by atoms with van der Waals surface area (Å²) in [6.45, 7) is 0. The molecule has 0 saturated carbocycles. The van der Waals surface area contributed by atoms with Crippen molar-refractivity contribution in [2.75, 3.05) is 0 Å². The number of hydrogen-bond donors (Lipinski definition) is 0. The Morgan fingerprint density at radius 1 is 0.221 bits per heavy atom. The molecule has 0 aliphatic carbocycles. The van der Waals surface area contributed by atoms with E-state index in [-0.39, 0.29) is 0 Å². The summed E-state index contributed by atoms with van der Waals surface area (Å²) in [7, 11) is 49.6. The minimum absolute atomic E-state index is 1.03. The largest absolute Gasteiger partial charge is 0.457 e. The summed E-state index contributed by atoms with van der Waals surface area (Å²) in [5.41, 5.74) is 38.5. The quantitative estimate of drug-likeness (QED) is 0.128. The van der Waals surface area contributed by atoms with E-state index in [2.05, 4.69) is 207 Å². The molecule has 68 heavy (non-hydrogen) atoms. The third kappa shape index (κ3) is 6.06. The van der Waals surface area contributed by atoms with Crippen LogP contribution in [0.25, 0.3) is 98.4 Å². The first-order chi connectivity index (χ1) is 32.1. The Bertz CT molecular complexity index is 3960. The molecule has 302 valence electrons. The molecule has 1 aromatic heterocycles. The predicted octanol–water partition coefficient (Wildman–Crippen LogP) is -23.4. The maximum atomic E-state index is 7.06. The molecule has 0 atom stereocenters. The smallest absolute Gasteiger partial charge is 0.143 e. The molecule has 0 amide bonds. The van der Waals surface area contributed by atoms with Crippen LogP contribution in [0.15, 0.2) is 46.9 Å². The van der Waals surface area contributed by atoms with Crippen molar-refractivity contribution in [2.45, 2.75) is 0 Å². The highest BCUT2D eigenvalue weighted by Gasteiger charge is 2.31. The lowest BCUT2D eigenvalue weighted by Crippen LogP contribution is -2.51. The molecule has 0 N–H and O–H groups in total. The maximum absolute atomic E-state index is 7.06. The highest BCUT2D eigenvalue weighted by Crippen LogP contribution is 2.42. The third-order valence-electron chi connectivity index (χ3n) is 18.8. The van der Waals surface area contributed by atoms with E-state index < -0.39 is 0 Å². The molecule has 0 saturated heterocycles. The average Bonchev–Trinajstić information content (AvgIpc) is 3.74. The fourth-order valence-electron chi connectivity index (χ4n) is 13.1. The molecule has 1 heterocycles. The fraction of sp³-hybridized carbons (Fsp3) is 0. The van der Waals surface area contributed by atoms with E-state index in [4.69, 9.17) is 4.42 Å². The van der Waals surface area contributed by atoms with Gasteiger partial charge in [-0.3, -0.25) is 0 Å². The summed E-state index contributed by atoms with van der Waals surface area (Å²) in [5.74, 6) is 0. The van der Waals surface area contributed by atoms with Crippen molar-refractivity contribution in [1.82, 2.24) is 0 Å². The van der Waals surface area contributed by atoms with Gasteiger partial charge in [0, 0.05) is 10.8 Å². The molecule has 9 aromatic carbocycles. The van der Waals surface area contributed by atoms with Gasteiger partial charge in [-0.2, -0.15) is 0 Å². The second kappa shape index (κ2) is 16.1. The highest BCUT2D eigenvalue weighted by molar-refractivity contribution is 6.75. The van der Waals surface area contributed by atoms with E-state index in [1.165, 1.54) is 202 Å². The Balaban J connectivity index is 1.52. The Kier molecular flexibility index (Phi) is 11.1. The van der Waals surface area contributed by atoms with Crippen LogP contribution in [0.2, 0.25) is 0 Å². The first-order valence-electron chi connectivity index (χ1n) is 25.0. The first kappa shape index (κ1) is 46.9. The van der Waals surface area contributed by atoms with Gasteiger partial charge in [-0.25, -0.2) is 0 Å². The number of fused-ring (bicyclic) bond motifs is 7. The topological polar surface area (TPSA) is 13.1 Å². The molecule has 0 bridgehead atoms. The van der Waals surface area contributed by atoms with Gasteiger partial charge in [0.25, 0.3) is 0 Å². The van der Waals surface area contributed by atoms with Gasteiger partial charge in [0.1, 0.15) is 176 Å². The molecular formula is C46H49B21O. The van der Waals surface area contributed by atoms with Gasteiger partial charge in [-0.1, -0.05) is 113 Å². The van der Waals surface area contributed by atoms with Crippen molar-refractivity contribution in [3.63, 3.8) is 0 Å². The molecule has 0 unspecified atom stereocenters. The third-order valence-corrected chi connectivity index (χ3v) is 18.8.